The Kier molecular flexibility index (Phi) is 14.9. The zero-order valence-electron chi connectivity index (χ0n) is 38.0. The Morgan fingerprint density at radius 1 is 0.850 bits per heavy atom. The Morgan fingerprint density at radius 2 is 1.42 bits per heavy atom. The molecule has 15 heteroatoms. The number of hydrogen-bond acceptors (Lipinski definition) is 13. The number of Topliss-reactive ketones (excluding diaryl/α,β-unsaturated/α-hetero) is 1. The maximum atomic E-state index is 16.4. The fraction of sp³-hybridized carbons (Fsp3) is 0.711. The van der Waals surface area contributed by atoms with Gasteiger partial charge >= 0.3 is 17.9 Å². The van der Waals surface area contributed by atoms with Crippen LogP contribution in [0.5, 0.6) is 0 Å². The molecule has 1 saturated heterocycles. The number of fused-ring (bicyclic) bond motifs is 5. The van der Waals surface area contributed by atoms with Crippen molar-refractivity contribution in [3.05, 3.63) is 47.0 Å². The molecule has 9 atom stereocenters. The van der Waals surface area contributed by atoms with Gasteiger partial charge in [0, 0.05) is 32.1 Å². The van der Waals surface area contributed by atoms with Crippen LogP contribution >= 0.6 is 24.0 Å². The van der Waals surface area contributed by atoms with Crippen LogP contribution in [0.3, 0.4) is 0 Å². The van der Waals surface area contributed by atoms with E-state index < -0.39 is 98.8 Å². The van der Waals surface area contributed by atoms with Crippen LogP contribution < -0.4 is 0 Å². The van der Waals surface area contributed by atoms with E-state index in [9.17, 15) is 14.4 Å². The van der Waals surface area contributed by atoms with Crippen molar-refractivity contribution in [2.45, 2.75) is 174 Å². The van der Waals surface area contributed by atoms with Crippen LogP contribution in [0.25, 0.3) is 0 Å². The van der Waals surface area contributed by atoms with E-state index in [1.165, 1.54) is 25.6 Å². The number of carbonyl (C=O) groups excluding carboxylic acids is 4. The van der Waals surface area contributed by atoms with Crippen molar-refractivity contribution in [1.82, 2.24) is 0 Å². The maximum Gasteiger partial charge on any atom is 0.338 e. The highest BCUT2D eigenvalue weighted by molar-refractivity contribution is 8.22. The molecule has 1 heterocycles. The number of thiocarbonyl (C=S) groups is 1. The van der Waals surface area contributed by atoms with E-state index in [-0.39, 0.29) is 29.4 Å². The number of esters is 3. The smallest absolute Gasteiger partial charge is 0.338 e. The van der Waals surface area contributed by atoms with Gasteiger partial charge in [-0.1, -0.05) is 85.4 Å². The van der Waals surface area contributed by atoms with Crippen LogP contribution in [-0.4, -0.2) is 99.3 Å². The molecule has 0 radical (unpaired) electrons. The lowest BCUT2D eigenvalue weighted by molar-refractivity contribution is -0.343. The van der Waals surface area contributed by atoms with Crippen LogP contribution in [0.1, 0.15) is 106 Å². The molecular weight excluding hydrogens is 837 g/mol. The van der Waals surface area contributed by atoms with E-state index in [1.807, 2.05) is 40.0 Å². The quantitative estimate of drug-likeness (QED) is 0.0545. The molecule has 0 amide bonds. The van der Waals surface area contributed by atoms with Crippen molar-refractivity contribution in [2.75, 3.05) is 12.9 Å². The number of carbonyl (C=O) groups is 4. The van der Waals surface area contributed by atoms with Gasteiger partial charge in [-0.2, -0.15) is 0 Å². The molecule has 0 N–H and O–H groups in total. The largest absolute Gasteiger partial charge is 0.467 e. The second-order valence-electron chi connectivity index (χ2n) is 18.0. The molecule has 60 heavy (non-hydrogen) atoms. The van der Waals surface area contributed by atoms with Gasteiger partial charge in [-0.15, -0.1) is 0 Å². The van der Waals surface area contributed by atoms with E-state index >= 15 is 4.79 Å². The molecular formula is C45H68O11S2Si2. The van der Waals surface area contributed by atoms with E-state index in [1.54, 1.807) is 24.3 Å². The van der Waals surface area contributed by atoms with Gasteiger partial charge in [0.1, 0.15) is 6.10 Å². The molecule has 2 bridgehead atoms. The van der Waals surface area contributed by atoms with Crippen molar-refractivity contribution in [2.24, 2.45) is 16.7 Å². The Hall–Kier alpha value is -2.41. The van der Waals surface area contributed by atoms with Crippen molar-refractivity contribution in [3.63, 3.8) is 0 Å². The molecule has 0 aromatic heterocycles. The highest BCUT2D eigenvalue weighted by atomic mass is 32.2. The van der Waals surface area contributed by atoms with Crippen LogP contribution in [-0.2, 0) is 46.9 Å². The molecule has 1 aromatic rings. The molecule has 3 aliphatic carbocycles. The number of thioether (sulfide) groups is 1. The minimum Gasteiger partial charge on any atom is -0.467 e. The first kappa shape index (κ1) is 48.6. The summed E-state index contributed by atoms with van der Waals surface area (Å²) in [5.74, 6) is -3.44. The van der Waals surface area contributed by atoms with Crippen LogP contribution in [0, 0.1) is 16.7 Å². The summed E-state index contributed by atoms with van der Waals surface area (Å²) in [6.45, 7) is 23.1. The second kappa shape index (κ2) is 18.4. The summed E-state index contributed by atoms with van der Waals surface area (Å²) in [4.78, 5) is 58.2. The van der Waals surface area contributed by atoms with Crippen LogP contribution in [0.2, 0.25) is 36.3 Å². The first-order valence-electron chi connectivity index (χ1n) is 21.8. The number of ether oxygens (including phenoxy) is 5. The Balaban J connectivity index is 2.01. The molecule has 5 rings (SSSR count). The van der Waals surface area contributed by atoms with Crippen LogP contribution in [0.15, 0.2) is 41.5 Å². The molecule has 3 fully saturated rings. The SMILES string of the molecule is CC[Si](CC)(CC)O[C@H]1C[C@@]2(OC(=S)SC)C(OC(=O)c3ccccc3)C3[C@](C)(C(=O)[C@H](OC(C)=O)C(=C1C)C2(C)C)[C@@H](O[Si](CC)(CC)CC)C[C@H]1OC[C@@]31OC(C)=O. The third kappa shape index (κ3) is 8.04. The fourth-order valence-electron chi connectivity index (χ4n) is 11.2. The predicted octanol–water partition coefficient (Wildman–Crippen LogP) is 9.38. The summed E-state index contributed by atoms with van der Waals surface area (Å²) in [7, 11) is -4.93. The number of hydrogen-bond donors (Lipinski definition) is 0. The van der Waals surface area contributed by atoms with Crippen molar-refractivity contribution >= 4 is 68.7 Å². The van der Waals surface area contributed by atoms with Crippen molar-refractivity contribution in [1.29, 1.82) is 0 Å². The Labute approximate surface area is 369 Å². The molecule has 1 aromatic carbocycles. The topological polar surface area (TPSA) is 133 Å². The summed E-state index contributed by atoms with van der Waals surface area (Å²) < 4.78 is 48.6. The number of benzene rings is 1. The van der Waals surface area contributed by atoms with Gasteiger partial charge in [0.2, 0.25) is 4.38 Å². The molecule has 0 spiro atoms. The van der Waals surface area contributed by atoms with Crippen molar-refractivity contribution < 1.29 is 51.7 Å². The molecule has 2 saturated carbocycles. The number of ketones is 1. The van der Waals surface area contributed by atoms with E-state index in [0.29, 0.717) is 5.57 Å². The lowest BCUT2D eigenvalue weighted by Gasteiger charge is -2.69. The molecule has 1 aliphatic heterocycles. The van der Waals surface area contributed by atoms with E-state index in [4.69, 9.17) is 44.8 Å². The Morgan fingerprint density at radius 3 is 1.90 bits per heavy atom. The third-order valence-electron chi connectivity index (χ3n) is 15.2. The summed E-state index contributed by atoms with van der Waals surface area (Å²) in [6, 6.07) is 13.6. The molecule has 334 valence electrons. The lowest BCUT2D eigenvalue weighted by Crippen LogP contribution is -2.82. The first-order chi connectivity index (χ1) is 28.2. The lowest BCUT2D eigenvalue weighted by atomic mass is 9.44. The maximum absolute atomic E-state index is 16.4. The second-order valence-corrected chi connectivity index (χ2v) is 28.8. The minimum atomic E-state index is -2.52. The van der Waals surface area contributed by atoms with E-state index in [2.05, 4.69) is 41.5 Å². The predicted molar refractivity (Wildman–Crippen MR) is 242 cm³/mol. The van der Waals surface area contributed by atoms with Crippen LogP contribution in [0.4, 0.5) is 0 Å². The zero-order chi connectivity index (χ0) is 44.6. The summed E-state index contributed by atoms with van der Waals surface area (Å²) >= 11 is 7.24. The minimum absolute atomic E-state index is 0.0737. The monoisotopic (exact) mass is 904 g/mol. The summed E-state index contributed by atoms with van der Waals surface area (Å²) in [5.41, 5.74) is -4.35. The van der Waals surface area contributed by atoms with Gasteiger partial charge in [-0.05, 0) is 91.9 Å². The van der Waals surface area contributed by atoms with Gasteiger partial charge < -0.3 is 32.5 Å². The van der Waals surface area contributed by atoms with Gasteiger partial charge in [-0.25, -0.2) is 4.79 Å². The van der Waals surface area contributed by atoms with Gasteiger partial charge in [0.25, 0.3) is 0 Å². The standard InChI is InChI=1S/C45H68O11S2Si2/c1-14-59(15-2,16-3)55-32-26-45(54-41(57)58-13)39(52-40(49)31-23-21-20-22-24-31)37-43(12,38(48)36(51-29(8)46)35(28(32)7)42(45,10)11)33(56-60(17-4,18-5)19-6)25-34-44(37,27-50-34)53-30(9)47/h20-24,32-34,36-37,39H,14-19,25-27H2,1-13H3/t32-,33-,34+,36+,37?,39?,43+,44-,45+/m0/s1. The molecule has 11 nitrogen and oxygen atoms in total. The third-order valence-corrected chi connectivity index (χ3v) is 25.5. The van der Waals surface area contributed by atoms with Gasteiger partial charge in [-0.3, -0.25) is 14.4 Å². The number of rotatable bonds is 15. The fourth-order valence-corrected chi connectivity index (χ4v) is 17.4. The highest BCUT2D eigenvalue weighted by Gasteiger charge is 2.80. The zero-order valence-corrected chi connectivity index (χ0v) is 41.7. The van der Waals surface area contributed by atoms with Gasteiger partial charge in [0.15, 0.2) is 45.8 Å². The Bertz CT molecular complexity index is 1810. The summed E-state index contributed by atoms with van der Waals surface area (Å²) in [6.07, 6.45) is -2.73. The highest BCUT2D eigenvalue weighted by Crippen LogP contribution is 2.66. The average Bonchev–Trinajstić information content (AvgIpc) is 3.22. The van der Waals surface area contributed by atoms with Crippen molar-refractivity contribution in [3.8, 4) is 0 Å². The molecule has 4 aliphatic rings. The van der Waals surface area contributed by atoms with Gasteiger partial charge in [0.05, 0.1) is 35.7 Å². The molecule has 2 unspecified atom stereocenters. The first-order valence-corrected chi connectivity index (χ1v) is 28.5. The average molecular weight is 905 g/mol. The van der Waals surface area contributed by atoms with E-state index in [0.717, 1.165) is 41.8 Å². The normalized spacial score (nSPS) is 32.3. The summed E-state index contributed by atoms with van der Waals surface area (Å²) in [5, 5.41) is 0.